The summed E-state index contributed by atoms with van der Waals surface area (Å²) in [7, 11) is 0. The maximum atomic E-state index is 5.71. The molecular weight excluding hydrogens is 392 g/mol. The minimum atomic E-state index is 0. The molecule has 3 aliphatic rings. The fourth-order valence-electron chi connectivity index (χ4n) is 3.42. The van der Waals surface area contributed by atoms with E-state index >= 15 is 0 Å². The Hall–Kier alpha value is -0.490. The predicted octanol–water partition coefficient (Wildman–Crippen LogP) is 3.61. The molecule has 0 atom stereocenters. The van der Waals surface area contributed by atoms with Gasteiger partial charge in [0.15, 0.2) is 11.5 Å². The van der Waals surface area contributed by atoms with Crippen LogP contribution in [0.15, 0.2) is 16.6 Å². The SMILES string of the molecule is Brc1cc2c(cc1CN1CCC(NCC3CC3)CC1)OCCO2.Cl. The first-order valence-corrected chi connectivity index (χ1v) is 9.61. The fraction of sp³-hybridized carbons (Fsp3) is 0.667. The number of hydrogen-bond donors (Lipinski definition) is 1. The van der Waals surface area contributed by atoms with Crippen LogP contribution in [0.2, 0.25) is 0 Å². The summed E-state index contributed by atoms with van der Waals surface area (Å²) in [4.78, 5) is 2.55. The normalized spacial score (nSPS) is 21.4. The fourth-order valence-corrected chi connectivity index (χ4v) is 3.87. The van der Waals surface area contributed by atoms with Crippen LogP contribution in [-0.4, -0.2) is 43.8 Å². The molecule has 134 valence electrons. The second kappa shape index (κ2) is 8.26. The van der Waals surface area contributed by atoms with Crippen LogP contribution >= 0.6 is 28.3 Å². The van der Waals surface area contributed by atoms with Crippen molar-refractivity contribution in [2.45, 2.75) is 38.3 Å². The largest absolute Gasteiger partial charge is 0.486 e. The minimum Gasteiger partial charge on any atom is -0.486 e. The number of rotatable bonds is 5. The zero-order valence-corrected chi connectivity index (χ0v) is 16.3. The highest BCUT2D eigenvalue weighted by Gasteiger charge is 2.25. The lowest BCUT2D eigenvalue weighted by Gasteiger charge is -2.33. The summed E-state index contributed by atoms with van der Waals surface area (Å²) in [6, 6.07) is 4.90. The Bertz CT molecular complexity index is 560. The molecule has 2 fully saturated rings. The minimum absolute atomic E-state index is 0. The number of piperidine rings is 1. The summed E-state index contributed by atoms with van der Waals surface area (Å²) in [5.74, 6) is 2.71. The molecule has 1 aromatic rings. The third-order valence-corrected chi connectivity index (χ3v) is 5.82. The summed E-state index contributed by atoms with van der Waals surface area (Å²) in [5, 5.41) is 3.75. The van der Waals surface area contributed by atoms with Gasteiger partial charge in [0.25, 0.3) is 0 Å². The number of nitrogens with one attached hydrogen (secondary N) is 1. The van der Waals surface area contributed by atoms with Gasteiger partial charge in [-0.05, 0) is 68.9 Å². The molecule has 1 aliphatic carbocycles. The molecular formula is C18H26BrClN2O2. The van der Waals surface area contributed by atoms with Crippen LogP contribution < -0.4 is 14.8 Å². The van der Waals surface area contributed by atoms with Crippen molar-refractivity contribution in [2.24, 2.45) is 5.92 Å². The molecule has 2 heterocycles. The maximum absolute atomic E-state index is 5.71. The van der Waals surface area contributed by atoms with Gasteiger partial charge in [0.05, 0.1) is 0 Å². The molecule has 4 nitrogen and oxygen atoms in total. The lowest BCUT2D eigenvalue weighted by molar-refractivity contribution is 0.169. The lowest BCUT2D eigenvalue weighted by Crippen LogP contribution is -2.42. The molecule has 24 heavy (non-hydrogen) atoms. The number of fused-ring (bicyclic) bond motifs is 1. The summed E-state index contributed by atoms with van der Waals surface area (Å²) < 4.78 is 12.5. The molecule has 1 N–H and O–H groups in total. The van der Waals surface area contributed by atoms with Gasteiger partial charge < -0.3 is 14.8 Å². The zero-order chi connectivity index (χ0) is 15.6. The van der Waals surface area contributed by atoms with Crippen LogP contribution in [0.5, 0.6) is 11.5 Å². The number of ether oxygens (including phenoxy) is 2. The van der Waals surface area contributed by atoms with Gasteiger partial charge in [0.1, 0.15) is 13.2 Å². The van der Waals surface area contributed by atoms with E-state index in [1.807, 2.05) is 6.07 Å². The van der Waals surface area contributed by atoms with Gasteiger partial charge in [-0.2, -0.15) is 0 Å². The van der Waals surface area contributed by atoms with Gasteiger partial charge >= 0.3 is 0 Å². The summed E-state index contributed by atoms with van der Waals surface area (Å²) in [6.07, 6.45) is 5.39. The van der Waals surface area contributed by atoms with E-state index in [1.54, 1.807) is 0 Å². The molecule has 4 rings (SSSR count). The van der Waals surface area contributed by atoms with Crippen LogP contribution in [0, 0.1) is 5.92 Å². The second-order valence-corrected chi connectivity index (χ2v) is 7.84. The number of nitrogens with zero attached hydrogens (tertiary/aromatic N) is 1. The number of benzene rings is 1. The Morgan fingerprint density at radius 1 is 1.04 bits per heavy atom. The molecule has 1 saturated carbocycles. The first-order valence-electron chi connectivity index (χ1n) is 8.81. The Labute approximate surface area is 158 Å². The quantitative estimate of drug-likeness (QED) is 0.793. The van der Waals surface area contributed by atoms with Gasteiger partial charge in [-0.3, -0.25) is 4.90 Å². The number of hydrogen-bond acceptors (Lipinski definition) is 4. The molecule has 1 saturated heterocycles. The average Bonchev–Trinajstić information content (AvgIpc) is 3.39. The van der Waals surface area contributed by atoms with Crippen molar-refractivity contribution in [2.75, 3.05) is 32.8 Å². The molecule has 0 unspecified atom stereocenters. The van der Waals surface area contributed by atoms with E-state index in [4.69, 9.17) is 9.47 Å². The van der Waals surface area contributed by atoms with Gasteiger partial charge in [-0.1, -0.05) is 15.9 Å². The van der Waals surface area contributed by atoms with Crippen LogP contribution in [0.3, 0.4) is 0 Å². The highest BCUT2D eigenvalue weighted by molar-refractivity contribution is 9.10. The van der Waals surface area contributed by atoms with E-state index < -0.39 is 0 Å². The van der Waals surface area contributed by atoms with E-state index in [9.17, 15) is 0 Å². The summed E-state index contributed by atoms with van der Waals surface area (Å²) >= 11 is 3.69. The Morgan fingerprint density at radius 3 is 2.38 bits per heavy atom. The first-order chi connectivity index (χ1) is 11.3. The highest BCUT2D eigenvalue weighted by Crippen LogP contribution is 2.36. The first kappa shape index (κ1) is 18.3. The average molecular weight is 418 g/mol. The van der Waals surface area contributed by atoms with E-state index in [0.29, 0.717) is 13.2 Å². The van der Waals surface area contributed by atoms with Crippen LogP contribution in [0.25, 0.3) is 0 Å². The predicted molar refractivity (Wildman–Crippen MR) is 101 cm³/mol. The Morgan fingerprint density at radius 2 is 1.71 bits per heavy atom. The van der Waals surface area contributed by atoms with Crippen LogP contribution in [-0.2, 0) is 6.54 Å². The van der Waals surface area contributed by atoms with Gasteiger partial charge in [0.2, 0.25) is 0 Å². The molecule has 2 aliphatic heterocycles. The molecule has 0 bridgehead atoms. The van der Waals surface area contributed by atoms with Crippen molar-refractivity contribution in [1.29, 1.82) is 0 Å². The van der Waals surface area contributed by atoms with Crippen molar-refractivity contribution < 1.29 is 9.47 Å². The van der Waals surface area contributed by atoms with Crippen molar-refractivity contribution in [1.82, 2.24) is 10.2 Å². The van der Waals surface area contributed by atoms with Crippen molar-refractivity contribution in [3.05, 3.63) is 22.2 Å². The standard InChI is InChI=1S/C18H25BrN2O2.ClH/c19-16-10-18-17(22-7-8-23-18)9-14(16)12-21-5-3-15(4-6-21)20-11-13-1-2-13;/h9-10,13,15,20H,1-8,11-12H2;1H. The van der Waals surface area contributed by atoms with Crippen LogP contribution in [0.4, 0.5) is 0 Å². The van der Waals surface area contributed by atoms with Crippen molar-refractivity contribution >= 4 is 28.3 Å². The molecule has 6 heteroatoms. The topological polar surface area (TPSA) is 33.7 Å². The Kier molecular flexibility index (Phi) is 6.30. The van der Waals surface area contributed by atoms with Crippen molar-refractivity contribution in [3.8, 4) is 11.5 Å². The van der Waals surface area contributed by atoms with Crippen molar-refractivity contribution in [3.63, 3.8) is 0 Å². The number of halogens is 2. The molecule has 0 spiro atoms. The van der Waals surface area contributed by atoms with E-state index in [1.165, 1.54) is 50.9 Å². The summed E-state index contributed by atoms with van der Waals surface area (Å²) in [6.45, 7) is 5.84. The van der Waals surface area contributed by atoms with E-state index in [-0.39, 0.29) is 12.4 Å². The molecule has 0 radical (unpaired) electrons. The smallest absolute Gasteiger partial charge is 0.162 e. The van der Waals surface area contributed by atoms with Crippen LogP contribution in [0.1, 0.15) is 31.2 Å². The molecule has 1 aromatic carbocycles. The van der Waals surface area contributed by atoms with E-state index in [0.717, 1.165) is 34.5 Å². The lowest BCUT2D eigenvalue weighted by atomic mass is 10.0. The highest BCUT2D eigenvalue weighted by atomic mass is 79.9. The third kappa shape index (κ3) is 4.57. The van der Waals surface area contributed by atoms with Gasteiger partial charge in [0, 0.05) is 17.1 Å². The third-order valence-electron chi connectivity index (χ3n) is 5.08. The monoisotopic (exact) mass is 416 g/mol. The number of likely N-dealkylation sites (tertiary alicyclic amines) is 1. The molecule has 0 amide bonds. The molecule has 0 aromatic heterocycles. The maximum Gasteiger partial charge on any atom is 0.162 e. The van der Waals surface area contributed by atoms with E-state index in [2.05, 4.69) is 32.2 Å². The second-order valence-electron chi connectivity index (χ2n) is 6.99. The van der Waals surface area contributed by atoms with Gasteiger partial charge in [-0.15, -0.1) is 12.4 Å². The Balaban J connectivity index is 0.00000169. The summed E-state index contributed by atoms with van der Waals surface area (Å²) in [5.41, 5.74) is 1.29. The zero-order valence-electron chi connectivity index (χ0n) is 13.9. The van der Waals surface area contributed by atoms with Gasteiger partial charge in [-0.25, -0.2) is 0 Å².